The van der Waals surface area contributed by atoms with Crippen molar-refractivity contribution < 1.29 is 9.53 Å². The number of thiazole rings is 1. The Morgan fingerprint density at radius 2 is 2.20 bits per heavy atom. The molecule has 0 aliphatic rings. The molecule has 1 aromatic carbocycles. The van der Waals surface area contributed by atoms with Gasteiger partial charge in [0.25, 0.3) is 0 Å². The zero-order chi connectivity index (χ0) is 14.2. The SMILES string of the molecule is CCOC(=O)/C(=N\N=C\c1ccccc1)c1cscn1. The molecule has 0 fully saturated rings. The van der Waals surface area contributed by atoms with E-state index in [0.717, 1.165) is 5.56 Å². The van der Waals surface area contributed by atoms with Crippen LogP contribution < -0.4 is 0 Å². The number of benzene rings is 1. The molecule has 0 amide bonds. The number of carbonyl (C=O) groups excluding carboxylic acids is 1. The number of ether oxygens (including phenoxy) is 1. The lowest BCUT2D eigenvalue weighted by atomic mass is 10.2. The van der Waals surface area contributed by atoms with Crippen molar-refractivity contribution in [1.82, 2.24) is 4.98 Å². The summed E-state index contributed by atoms with van der Waals surface area (Å²) in [5.41, 5.74) is 3.11. The summed E-state index contributed by atoms with van der Waals surface area (Å²) >= 11 is 1.38. The highest BCUT2D eigenvalue weighted by Gasteiger charge is 2.17. The summed E-state index contributed by atoms with van der Waals surface area (Å²) in [4.78, 5) is 15.9. The molecule has 1 heterocycles. The summed E-state index contributed by atoms with van der Waals surface area (Å²) in [7, 11) is 0. The molecule has 1 aromatic heterocycles. The van der Waals surface area contributed by atoms with Crippen LogP contribution in [0.4, 0.5) is 0 Å². The molecule has 102 valence electrons. The second-order valence-corrected chi connectivity index (χ2v) is 4.42. The quantitative estimate of drug-likeness (QED) is 0.482. The maximum absolute atomic E-state index is 11.8. The van der Waals surface area contributed by atoms with E-state index < -0.39 is 5.97 Å². The van der Waals surface area contributed by atoms with Gasteiger partial charge in [0.2, 0.25) is 0 Å². The van der Waals surface area contributed by atoms with Crippen molar-refractivity contribution >= 4 is 29.2 Å². The van der Waals surface area contributed by atoms with Crippen LogP contribution in [-0.4, -0.2) is 29.5 Å². The van der Waals surface area contributed by atoms with Gasteiger partial charge in [-0.05, 0) is 12.5 Å². The molecule has 0 N–H and O–H groups in total. The second-order valence-electron chi connectivity index (χ2n) is 3.70. The molecule has 0 saturated heterocycles. The predicted octanol–water partition coefficient (Wildman–Crippen LogP) is 2.53. The molecule has 0 spiro atoms. The maximum atomic E-state index is 11.8. The van der Waals surface area contributed by atoms with E-state index in [-0.39, 0.29) is 12.3 Å². The minimum Gasteiger partial charge on any atom is -0.461 e. The Balaban J connectivity index is 2.21. The van der Waals surface area contributed by atoms with Gasteiger partial charge in [-0.25, -0.2) is 9.78 Å². The highest BCUT2D eigenvalue weighted by molar-refractivity contribution is 7.07. The highest BCUT2D eigenvalue weighted by atomic mass is 32.1. The topological polar surface area (TPSA) is 63.9 Å². The Morgan fingerprint density at radius 1 is 1.40 bits per heavy atom. The summed E-state index contributed by atoms with van der Waals surface area (Å²) in [6, 6.07) is 9.51. The number of hydrogen-bond donors (Lipinski definition) is 0. The summed E-state index contributed by atoms with van der Waals surface area (Å²) < 4.78 is 4.95. The largest absolute Gasteiger partial charge is 0.461 e. The van der Waals surface area contributed by atoms with E-state index in [2.05, 4.69) is 15.2 Å². The molecule has 2 aromatic rings. The molecule has 0 atom stereocenters. The number of nitrogens with zero attached hydrogens (tertiary/aromatic N) is 3. The lowest BCUT2D eigenvalue weighted by molar-refractivity contribution is -0.134. The highest BCUT2D eigenvalue weighted by Crippen LogP contribution is 2.05. The number of rotatable bonds is 5. The van der Waals surface area contributed by atoms with Crippen molar-refractivity contribution in [3.8, 4) is 0 Å². The average molecular weight is 287 g/mol. The van der Waals surface area contributed by atoms with Gasteiger partial charge in [0, 0.05) is 5.38 Å². The van der Waals surface area contributed by atoms with E-state index in [1.165, 1.54) is 11.3 Å². The molecule has 0 radical (unpaired) electrons. The Bertz CT molecular complexity index is 607. The van der Waals surface area contributed by atoms with Crippen LogP contribution in [0.15, 0.2) is 51.4 Å². The van der Waals surface area contributed by atoms with Crippen LogP contribution in [0.1, 0.15) is 18.2 Å². The lowest BCUT2D eigenvalue weighted by Crippen LogP contribution is -2.18. The van der Waals surface area contributed by atoms with Gasteiger partial charge in [0.05, 0.1) is 18.3 Å². The van der Waals surface area contributed by atoms with Gasteiger partial charge >= 0.3 is 5.97 Å². The van der Waals surface area contributed by atoms with E-state index in [9.17, 15) is 4.79 Å². The first kappa shape index (κ1) is 14.1. The lowest BCUT2D eigenvalue weighted by Gasteiger charge is -2.01. The first-order valence-corrected chi connectivity index (χ1v) is 6.97. The van der Waals surface area contributed by atoms with Crippen LogP contribution in [0.3, 0.4) is 0 Å². The molecule has 20 heavy (non-hydrogen) atoms. The summed E-state index contributed by atoms with van der Waals surface area (Å²) in [5.74, 6) is -0.524. The molecule has 2 rings (SSSR count). The van der Waals surface area contributed by atoms with Crippen molar-refractivity contribution in [1.29, 1.82) is 0 Å². The third-order valence-electron chi connectivity index (χ3n) is 2.31. The van der Waals surface area contributed by atoms with Crippen molar-refractivity contribution in [2.75, 3.05) is 6.61 Å². The zero-order valence-corrected chi connectivity index (χ0v) is 11.7. The molecular formula is C14H13N3O2S. The fourth-order valence-electron chi connectivity index (χ4n) is 1.42. The van der Waals surface area contributed by atoms with Gasteiger partial charge < -0.3 is 4.74 Å². The third-order valence-corrected chi connectivity index (χ3v) is 2.89. The van der Waals surface area contributed by atoms with Crippen LogP contribution in [-0.2, 0) is 9.53 Å². The zero-order valence-electron chi connectivity index (χ0n) is 10.9. The van der Waals surface area contributed by atoms with Crippen LogP contribution in [0.5, 0.6) is 0 Å². The first-order chi connectivity index (χ1) is 9.81. The van der Waals surface area contributed by atoms with E-state index in [4.69, 9.17) is 4.74 Å². The molecule has 5 nitrogen and oxygen atoms in total. The third kappa shape index (κ3) is 3.83. The Hall–Kier alpha value is -2.34. The fourth-order valence-corrected chi connectivity index (χ4v) is 1.95. The Kier molecular flexibility index (Phi) is 5.14. The minimum absolute atomic E-state index is 0.111. The molecule has 6 heteroatoms. The van der Waals surface area contributed by atoms with E-state index in [1.807, 2.05) is 30.3 Å². The van der Waals surface area contributed by atoms with Crippen LogP contribution in [0.2, 0.25) is 0 Å². The normalized spacial score (nSPS) is 11.8. The molecular weight excluding hydrogens is 274 g/mol. The van der Waals surface area contributed by atoms with Crippen molar-refractivity contribution in [2.45, 2.75) is 6.92 Å². The fraction of sp³-hybridized carbons (Fsp3) is 0.143. The Labute approximate surface area is 120 Å². The Morgan fingerprint density at radius 3 is 2.85 bits per heavy atom. The number of carbonyl (C=O) groups is 1. The van der Waals surface area contributed by atoms with Gasteiger partial charge in [-0.2, -0.15) is 5.10 Å². The molecule has 0 aliphatic heterocycles. The van der Waals surface area contributed by atoms with Crippen molar-refractivity contribution in [2.24, 2.45) is 10.2 Å². The number of esters is 1. The monoisotopic (exact) mass is 287 g/mol. The summed E-state index contributed by atoms with van der Waals surface area (Å²) in [6.07, 6.45) is 1.57. The van der Waals surface area contributed by atoms with Crippen LogP contribution in [0, 0.1) is 0 Å². The van der Waals surface area contributed by atoms with Gasteiger partial charge in [-0.15, -0.1) is 16.4 Å². The summed E-state index contributed by atoms with van der Waals surface area (Å²) in [6.45, 7) is 2.02. The van der Waals surface area contributed by atoms with E-state index in [0.29, 0.717) is 5.69 Å². The number of hydrogen-bond acceptors (Lipinski definition) is 6. The molecule has 0 aliphatic carbocycles. The van der Waals surface area contributed by atoms with Gasteiger partial charge in [-0.1, -0.05) is 30.3 Å². The average Bonchev–Trinajstić information content (AvgIpc) is 2.99. The standard InChI is InChI=1S/C14H13N3O2S/c1-2-19-14(18)13(12-9-20-10-15-12)17-16-8-11-6-4-3-5-7-11/h3-10H,2H2,1H3/b16-8+,17-13-. The van der Waals surface area contributed by atoms with Gasteiger partial charge in [0.15, 0.2) is 5.71 Å². The van der Waals surface area contributed by atoms with Crippen LogP contribution in [0.25, 0.3) is 0 Å². The minimum atomic E-state index is -0.524. The predicted molar refractivity (Wildman–Crippen MR) is 79.3 cm³/mol. The maximum Gasteiger partial charge on any atom is 0.361 e. The smallest absolute Gasteiger partial charge is 0.361 e. The van der Waals surface area contributed by atoms with Crippen molar-refractivity contribution in [3.05, 3.63) is 52.5 Å². The number of aromatic nitrogens is 1. The van der Waals surface area contributed by atoms with E-state index >= 15 is 0 Å². The molecule has 0 saturated carbocycles. The van der Waals surface area contributed by atoms with Gasteiger partial charge in [-0.3, -0.25) is 0 Å². The second kappa shape index (κ2) is 7.30. The summed E-state index contributed by atoms with van der Waals surface area (Å²) in [5, 5.41) is 9.59. The van der Waals surface area contributed by atoms with Gasteiger partial charge in [0.1, 0.15) is 5.69 Å². The van der Waals surface area contributed by atoms with Crippen LogP contribution >= 0.6 is 11.3 Å². The first-order valence-electron chi connectivity index (χ1n) is 6.03. The van der Waals surface area contributed by atoms with E-state index in [1.54, 1.807) is 24.0 Å². The molecule has 0 bridgehead atoms. The van der Waals surface area contributed by atoms with Crippen molar-refractivity contribution in [3.63, 3.8) is 0 Å². The molecule has 0 unspecified atom stereocenters.